The predicted molar refractivity (Wildman–Crippen MR) is 51.0 cm³/mol. The van der Waals surface area contributed by atoms with Crippen LogP contribution in [0.3, 0.4) is 0 Å². The number of aromatic nitrogens is 1. The first-order valence-corrected chi connectivity index (χ1v) is 4.47. The van der Waals surface area contributed by atoms with E-state index in [1.54, 1.807) is 12.4 Å². The molecule has 1 rings (SSSR count). The maximum atomic E-state index is 10.1. The van der Waals surface area contributed by atoms with Crippen LogP contribution in [0.2, 0.25) is 0 Å². The fourth-order valence-electron chi connectivity index (χ4n) is 1.09. The van der Waals surface area contributed by atoms with Crippen LogP contribution < -0.4 is 0 Å². The molecule has 0 atom stereocenters. The summed E-state index contributed by atoms with van der Waals surface area (Å²) in [7, 11) is 0. The highest BCUT2D eigenvalue weighted by Gasteiger charge is 1.96. The van der Waals surface area contributed by atoms with Crippen molar-refractivity contribution in [3.05, 3.63) is 30.1 Å². The van der Waals surface area contributed by atoms with Gasteiger partial charge < -0.3 is 9.84 Å². The number of nitrogens with zero attached hydrogens (tertiary/aromatic N) is 1. The van der Waals surface area contributed by atoms with Crippen molar-refractivity contribution in [3.63, 3.8) is 0 Å². The Morgan fingerprint density at radius 3 is 2.79 bits per heavy atom. The third-order valence-corrected chi connectivity index (χ3v) is 1.73. The maximum absolute atomic E-state index is 10.1. The van der Waals surface area contributed by atoms with Crippen LogP contribution in [0.4, 0.5) is 0 Å². The van der Waals surface area contributed by atoms with Gasteiger partial charge in [-0.05, 0) is 30.5 Å². The van der Waals surface area contributed by atoms with E-state index >= 15 is 0 Å². The Morgan fingerprint density at radius 1 is 1.43 bits per heavy atom. The van der Waals surface area contributed by atoms with Crippen molar-refractivity contribution in [2.24, 2.45) is 0 Å². The molecule has 0 aliphatic rings. The van der Waals surface area contributed by atoms with Gasteiger partial charge in [0, 0.05) is 19.0 Å². The summed E-state index contributed by atoms with van der Waals surface area (Å²) in [5.41, 5.74) is 1.19. The molecular weight excluding hydrogens is 182 g/mol. The average molecular weight is 195 g/mol. The first kappa shape index (κ1) is 10.7. The number of hydrogen-bond donors (Lipinski definition) is 1. The maximum Gasteiger partial charge on any atom is 0.329 e. The minimum absolute atomic E-state index is 0.212. The minimum Gasteiger partial charge on any atom is -0.480 e. The highest BCUT2D eigenvalue weighted by Crippen LogP contribution is 2.00. The van der Waals surface area contributed by atoms with Gasteiger partial charge >= 0.3 is 5.97 Å². The minimum atomic E-state index is -0.922. The van der Waals surface area contributed by atoms with Gasteiger partial charge in [-0.25, -0.2) is 4.79 Å². The van der Waals surface area contributed by atoms with Crippen molar-refractivity contribution < 1.29 is 14.6 Å². The highest BCUT2D eigenvalue weighted by atomic mass is 16.5. The molecule has 0 aliphatic carbocycles. The third-order valence-electron chi connectivity index (χ3n) is 1.73. The predicted octanol–water partition coefficient (Wildman–Crippen LogP) is 1.12. The summed E-state index contributed by atoms with van der Waals surface area (Å²) in [5.74, 6) is -0.922. The van der Waals surface area contributed by atoms with Crippen molar-refractivity contribution in [1.29, 1.82) is 0 Å². The molecule has 76 valence electrons. The van der Waals surface area contributed by atoms with Crippen molar-refractivity contribution in [3.8, 4) is 0 Å². The smallest absolute Gasteiger partial charge is 0.329 e. The van der Waals surface area contributed by atoms with E-state index in [-0.39, 0.29) is 6.61 Å². The van der Waals surface area contributed by atoms with Crippen molar-refractivity contribution in [2.75, 3.05) is 13.2 Å². The number of ether oxygens (including phenoxy) is 1. The highest BCUT2D eigenvalue weighted by molar-refractivity contribution is 5.67. The molecule has 0 bridgehead atoms. The molecule has 4 nitrogen and oxygen atoms in total. The molecule has 0 amide bonds. The van der Waals surface area contributed by atoms with E-state index in [9.17, 15) is 4.79 Å². The van der Waals surface area contributed by atoms with E-state index in [4.69, 9.17) is 9.84 Å². The molecule has 0 fully saturated rings. The van der Waals surface area contributed by atoms with Crippen LogP contribution in [0.15, 0.2) is 24.5 Å². The number of pyridine rings is 1. The molecular formula is C10H13NO3. The lowest BCUT2D eigenvalue weighted by molar-refractivity contribution is -0.142. The lowest BCUT2D eigenvalue weighted by Crippen LogP contribution is -2.08. The van der Waals surface area contributed by atoms with Crippen LogP contribution in [0, 0.1) is 0 Å². The fourth-order valence-corrected chi connectivity index (χ4v) is 1.09. The molecule has 1 N–H and O–H groups in total. The first-order chi connectivity index (χ1) is 6.79. The number of hydrogen-bond acceptors (Lipinski definition) is 3. The van der Waals surface area contributed by atoms with Gasteiger partial charge in [0.05, 0.1) is 0 Å². The lowest BCUT2D eigenvalue weighted by atomic mass is 10.1. The normalized spacial score (nSPS) is 10.0. The number of carboxylic acids is 1. The van der Waals surface area contributed by atoms with Gasteiger partial charge in [-0.2, -0.15) is 0 Å². The second-order valence-corrected chi connectivity index (χ2v) is 2.91. The second-order valence-electron chi connectivity index (χ2n) is 2.91. The van der Waals surface area contributed by atoms with Gasteiger partial charge in [0.25, 0.3) is 0 Å². The van der Waals surface area contributed by atoms with E-state index in [1.807, 2.05) is 12.1 Å². The zero-order valence-corrected chi connectivity index (χ0v) is 7.85. The van der Waals surface area contributed by atoms with Crippen LogP contribution in [0.25, 0.3) is 0 Å². The Kier molecular flexibility index (Phi) is 4.64. The number of aliphatic carboxylic acids is 1. The standard InChI is InChI=1S/C10H13NO3/c12-10(13)8-14-7-1-2-9-3-5-11-6-4-9/h3-6H,1-2,7-8H2,(H,12,13). The largest absolute Gasteiger partial charge is 0.480 e. The van der Waals surface area contributed by atoms with Gasteiger partial charge in [0.2, 0.25) is 0 Å². The summed E-state index contributed by atoms with van der Waals surface area (Å²) in [6.45, 7) is 0.269. The molecule has 0 unspecified atom stereocenters. The Balaban J connectivity index is 2.08. The van der Waals surface area contributed by atoms with Gasteiger partial charge in [-0.1, -0.05) is 0 Å². The van der Waals surface area contributed by atoms with Crippen LogP contribution in [0.5, 0.6) is 0 Å². The average Bonchev–Trinajstić information content (AvgIpc) is 2.18. The fraction of sp³-hybridized carbons (Fsp3) is 0.400. The molecule has 14 heavy (non-hydrogen) atoms. The molecule has 1 heterocycles. The Morgan fingerprint density at radius 2 is 2.14 bits per heavy atom. The summed E-state index contributed by atoms with van der Waals surface area (Å²) in [4.78, 5) is 14.0. The molecule has 0 spiro atoms. The lowest BCUT2D eigenvalue weighted by Gasteiger charge is -2.01. The van der Waals surface area contributed by atoms with E-state index < -0.39 is 5.97 Å². The van der Waals surface area contributed by atoms with Crippen LogP contribution in [-0.2, 0) is 16.0 Å². The molecule has 0 aromatic carbocycles. The van der Waals surface area contributed by atoms with Gasteiger partial charge in [0.15, 0.2) is 0 Å². The molecule has 0 saturated carbocycles. The summed E-state index contributed by atoms with van der Waals surface area (Å²) in [6, 6.07) is 3.88. The van der Waals surface area contributed by atoms with Crippen LogP contribution in [0.1, 0.15) is 12.0 Å². The Bertz CT molecular complexity index is 274. The van der Waals surface area contributed by atoms with Gasteiger partial charge in [0.1, 0.15) is 6.61 Å². The number of aryl methyl sites for hydroxylation is 1. The zero-order chi connectivity index (χ0) is 10.2. The van der Waals surface area contributed by atoms with E-state index in [0.717, 1.165) is 12.8 Å². The Labute approximate surface area is 82.5 Å². The van der Waals surface area contributed by atoms with Gasteiger partial charge in [-0.15, -0.1) is 0 Å². The summed E-state index contributed by atoms with van der Waals surface area (Å²) in [6.07, 6.45) is 5.21. The monoisotopic (exact) mass is 195 g/mol. The second kappa shape index (κ2) is 6.10. The van der Waals surface area contributed by atoms with Crippen LogP contribution in [-0.4, -0.2) is 29.3 Å². The number of rotatable bonds is 6. The van der Waals surface area contributed by atoms with E-state index in [2.05, 4.69) is 4.98 Å². The summed E-state index contributed by atoms with van der Waals surface area (Å²) >= 11 is 0. The Hall–Kier alpha value is -1.42. The summed E-state index contributed by atoms with van der Waals surface area (Å²) < 4.78 is 4.90. The molecule has 1 aromatic rings. The molecule has 0 saturated heterocycles. The van der Waals surface area contributed by atoms with Crippen molar-refractivity contribution >= 4 is 5.97 Å². The SMILES string of the molecule is O=C(O)COCCCc1ccncc1. The van der Waals surface area contributed by atoms with Crippen molar-refractivity contribution in [1.82, 2.24) is 4.98 Å². The molecule has 4 heteroatoms. The number of carboxylic acid groups (broad SMARTS) is 1. The summed E-state index contributed by atoms with van der Waals surface area (Å²) in [5, 5.41) is 8.30. The van der Waals surface area contributed by atoms with E-state index in [1.165, 1.54) is 5.56 Å². The molecule has 0 radical (unpaired) electrons. The molecule has 1 aromatic heterocycles. The van der Waals surface area contributed by atoms with E-state index in [0.29, 0.717) is 6.61 Å². The molecule has 0 aliphatic heterocycles. The van der Waals surface area contributed by atoms with Crippen LogP contribution >= 0.6 is 0 Å². The zero-order valence-electron chi connectivity index (χ0n) is 7.85. The quantitative estimate of drug-likeness (QED) is 0.691. The first-order valence-electron chi connectivity index (χ1n) is 4.47. The van der Waals surface area contributed by atoms with Crippen molar-refractivity contribution in [2.45, 2.75) is 12.8 Å². The number of carbonyl (C=O) groups is 1. The third kappa shape index (κ3) is 4.57. The topological polar surface area (TPSA) is 59.4 Å². The van der Waals surface area contributed by atoms with Gasteiger partial charge in [-0.3, -0.25) is 4.98 Å².